The summed E-state index contributed by atoms with van der Waals surface area (Å²) < 4.78 is 19.6. The SMILES string of the molecule is O=C(OP(=O)(c1ccccc1)c1ccccc1)c1cccc2ccccc12. The van der Waals surface area contributed by atoms with Crippen LogP contribution in [0.1, 0.15) is 10.4 Å². The van der Waals surface area contributed by atoms with Gasteiger partial charge in [-0.15, -0.1) is 0 Å². The van der Waals surface area contributed by atoms with E-state index < -0.39 is 13.3 Å². The molecule has 0 aliphatic rings. The minimum Gasteiger partial charge on any atom is -0.401 e. The number of benzene rings is 4. The average molecular weight is 372 g/mol. The second kappa shape index (κ2) is 7.22. The summed E-state index contributed by atoms with van der Waals surface area (Å²) in [6.45, 7) is 0. The average Bonchev–Trinajstić information content (AvgIpc) is 2.74. The van der Waals surface area contributed by atoms with Crippen molar-refractivity contribution in [3.05, 3.63) is 109 Å². The Balaban J connectivity index is 1.81. The van der Waals surface area contributed by atoms with E-state index in [4.69, 9.17) is 4.52 Å². The highest BCUT2D eigenvalue weighted by molar-refractivity contribution is 7.74. The fourth-order valence-corrected chi connectivity index (χ4v) is 5.04. The van der Waals surface area contributed by atoms with Gasteiger partial charge in [-0.1, -0.05) is 72.8 Å². The van der Waals surface area contributed by atoms with Gasteiger partial charge in [0.05, 0.1) is 16.2 Å². The molecule has 0 saturated carbocycles. The molecule has 0 radical (unpaired) electrons. The highest BCUT2D eigenvalue weighted by Crippen LogP contribution is 2.45. The zero-order valence-electron chi connectivity index (χ0n) is 14.5. The van der Waals surface area contributed by atoms with E-state index in [0.717, 1.165) is 10.8 Å². The molecule has 0 spiro atoms. The maximum absolute atomic E-state index is 13.9. The Bertz CT molecular complexity index is 1090. The normalized spacial score (nSPS) is 11.3. The van der Waals surface area contributed by atoms with Crippen molar-refractivity contribution in [3.8, 4) is 0 Å². The molecule has 0 atom stereocenters. The van der Waals surface area contributed by atoms with Gasteiger partial charge in [0.25, 0.3) is 0 Å². The zero-order valence-corrected chi connectivity index (χ0v) is 15.4. The third-order valence-corrected chi connectivity index (χ3v) is 6.79. The number of carbonyl (C=O) groups is 1. The highest BCUT2D eigenvalue weighted by Gasteiger charge is 2.32. The van der Waals surface area contributed by atoms with Gasteiger partial charge in [-0.05, 0) is 41.1 Å². The molecule has 4 heteroatoms. The van der Waals surface area contributed by atoms with Crippen molar-refractivity contribution in [3.63, 3.8) is 0 Å². The standard InChI is InChI=1S/C23H17O3P/c24-23(22-17-9-11-18-10-7-8-16-21(18)22)26-27(25,19-12-3-1-4-13-19)20-14-5-2-6-15-20/h1-17H. The quantitative estimate of drug-likeness (QED) is 0.477. The summed E-state index contributed by atoms with van der Waals surface area (Å²) in [5.41, 5.74) is 0.403. The molecule has 0 fully saturated rings. The Morgan fingerprint density at radius 2 is 1.15 bits per heavy atom. The van der Waals surface area contributed by atoms with Crippen LogP contribution in [0.4, 0.5) is 0 Å². The van der Waals surface area contributed by atoms with E-state index in [1.807, 2.05) is 42.5 Å². The van der Waals surface area contributed by atoms with Gasteiger partial charge in [-0.25, -0.2) is 4.79 Å². The van der Waals surface area contributed by atoms with Crippen molar-refractivity contribution in [2.75, 3.05) is 0 Å². The van der Waals surface area contributed by atoms with Gasteiger partial charge < -0.3 is 4.52 Å². The molecule has 0 unspecified atom stereocenters. The predicted octanol–water partition coefficient (Wildman–Crippen LogP) is 4.93. The minimum atomic E-state index is -3.57. The lowest BCUT2D eigenvalue weighted by Crippen LogP contribution is -2.20. The van der Waals surface area contributed by atoms with Crippen LogP contribution < -0.4 is 10.6 Å². The maximum atomic E-state index is 13.9. The van der Waals surface area contributed by atoms with Crippen LogP contribution in [0.5, 0.6) is 0 Å². The lowest BCUT2D eigenvalue weighted by atomic mass is 10.1. The van der Waals surface area contributed by atoms with Crippen molar-refractivity contribution in [1.82, 2.24) is 0 Å². The first-order valence-corrected chi connectivity index (χ1v) is 10.2. The molecule has 4 aromatic rings. The van der Waals surface area contributed by atoms with Crippen molar-refractivity contribution < 1.29 is 13.9 Å². The Kier molecular flexibility index (Phi) is 4.62. The van der Waals surface area contributed by atoms with Crippen molar-refractivity contribution in [1.29, 1.82) is 0 Å². The maximum Gasteiger partial charge on any atom is 0.344 e. The molecule has 0 N–H and O–H groups in total. The highest BCUT2D eigenvalue weighted by atomic mass is 31.2. The van der Waals surface area contributed by atoms with Crippen LogP contribution in [-0.2, 0) is 9.09 Å². The Morgan fingerprint density at radius 1 is 0.630 bits per heavy atom. The summed E-state index contributed by atoms with van der Waals surface area (Å²) in [5, 5.41) is 2.69. The van der Waals surface area contributed by atoms with Gasteiger partial charge in [0.15, 0.2) is 0 Å². The van der Waals surface area contributed by atoms with Crippen LogP contribution in [0, 0.1) is 0 Å². The van der Waals surface area contributed by atoms with Crippen LogP contribution in [0.2, 0.25) is 0 Å². The number of hydrogen-bond acceptors (Lipinski definition) is 3. The Labute approximate surface area is 157 Å². The van der Waals surface area contributed by atoms with Gasteiger partial charge in [0.1, 0.15) is 0 Å². The van der Waals surface area contributed by atoms with Gasteiger partial charge in [0, 0.05) is 0 Å². The van der Waals surface area contributed by atoms with E-state index in [0.29, 0.717) is 16.2 Å². The summed E-state index contributed by atoms with van der Waals surface area (Å²) in [4.78, 5) is 13.0. The monoisotopic (exact) mass is 372 g/mol. The van der Waals surface area contributed by atoms with E-state index in [2.05, 4.69) is 0 Å². The largest absolute Gasteiger partial charge is 0.401 e. The molecule has 132 valence electrons. The van der Waals surface area contributed by atoms with E-state index in [1.54, 1.807) is 60.7 Å². The van der Waals surface area contributed by atoms with Crippen LogP contribution in [-0.4, -0.2) is 5.97 Å². The van der Waals surface area contributed by atoms with E-state index >= 15 is 0 Å². The van der Waals surface area contributed by atoms with Gasteiger partial charge in [0.2, 0.25) is 0 Å². The molecule has 0 aliphatic carbocycles. The predicted molar refractivity (Wildman–Crippen MR) is 109 cm³/mol. The molecule has 3 nitrogen and oxygen atoms in total. The van der Waals surface area contributed by atoms with Gasteiger partial charge in [-0.2, -0.15) is 0 Å². The van der Waals surface area contributed by atoms with Gasteiger partial charge in [-0.3, -0.25) is 4.57 Å². The van der Waals surface area contributed by atoms with Gasteiger partial charge >= 0.3 is 13.3 Å². The first-order chi connectivity index (χ1) is 13.2. The van der Waals surface area contributed by atoms with Crippen LogP contribution in [0.3, 0.4) is 0 Å². The third-order valence-electron chi connectivity index (χ3n) is 4.41. The second-order valence-corrected chi connectivity index (χ2v) is 8.45. The minimum absolute atomic E-state index is 0.403. The Morgan fingerprint density at radius 3 is 1.78 bits per heavy atom. The first-order valence-electron chi connectivity index (χ1n) is 8.61. The molecule has 0 heterocycles. The van der Waals surface area contributed by atoms with E-state index in [-0.39, 0.29) is 0 Å². The van der Waals surface area contributed by atoms with Crippen LogP contribution in [0.15, 0.2) is 103 Å². The molecule has 27 heavy (non-hydrogen) atoms. The van der Waals surface area contributed by atoms with Crippen molar-refractivity contribution >= 4 is 34.7 Å². The second-order valence-electron chi connectivity index (χ2n) is 6.13. The summed E-state index contributed by atoms with van der Waals surface area (Å²) in [7, 11) is -3.57. The third kappa shape index (κ3) is 3.30. The molecular weight excluding hydrogens is 355 g/mol. The van der Waals surface area contributed by atoms with Crippen LogP contribution in [0.25, 0.3) is 10.8 Å². The van der Waals surface area contributed by atoms with E-state index in [1.165, 1.54) is 0 Å². The number of fused-ring (bicyclic) bond motifs is 1. The van der Waals surface area contributed by atoms with Crippen molar-refractivity contribution in [2.45, 2.75) is 0 Å². The topological polar surface area (TPSA) is 43.4 Å². The molecule has 0 saturated heterocycles. The lowest BCUT2D eigenvalue weighted by molar-refractivity contribution is 0.0749. The summed E-state index contributed by atoms with van der Waals surface area (Å²) >= 11 is 0. The van der Waals surface area contributed by atoms with E-state index in [9.17, 15) is 9.36 Å². The first kappa shape index (κ1) is 17.3. The summed E-state index contributed by atoms with van der Waals surface area (Å²) in [5.74, 6) is -0.595. The fourth-order valence-electron chi connectivity index (χ4n) is 3.07. The zero-order chi connectivity index (χ0) is 18.7. The lowest BCUT2D eigenvalue weighted by Gasteiger charge is -2.19. The molecule has 0 aromatic heterocycles. The molecule has 4 rings (SSSR count). The fraction of sp³-hybridized carbons (Fsp3) is 0. The molecule has 0 bridgehead atoms. The van der Waals surface area contributed by atoms with Crippen LogP contribution >= 0.6 is 7.37 Å². The number of carbonyl (C=O) groups excluding carboxylic acids is 1. The number of rotatable bonds is 4. The summed E-state index contributed by atoms with van der Waals surface area (Å²) in [6, 6.07) is 30.7. The molecule has 4 aromatic carbocycles. The smallest absolute Gasteiger partial charge is 0.344 e. The van der Waals surface area contributed by atoms with Crippen molar-refractivity contribution in [2.24, 2.45) is 0 Å². The molecule has 0 aliphatic heterocycles. The summed E-state index contributed by atoms with van der Waals surface area (Å²) in [6.07, 6.45) is 0. The number of hydrogen-bond donors (Lipinski definition) is 0. The molecular formula is C23H17O3P. The Hall–Kier alpha value is -3.16. The molecule has 0 amide bonds.